The zero-order chi connectivity index (χ0) is 23.2. The minimum absolute atomic E-state index is 0.0294. The second-order valence-corrected chi connectivity index (χ2v) is 9.83. The second-order valence-electron chi connectivity index (χ2n) is 8.07. The van der Waals surface area contributed by atoms with Crippen molar-refractivity contribution < 1.29 is 36.8 Å². The van der Waals surface area contributed by atoms with Crippen LogP contribution in [-0.2, 0) is 28.6 Å². The van der Waals surface area contributed by atoms with Gasteiger partial charge in [0.1, 0.15) is 0 Å². The van der Waals surface area contributed by atoms with E-state index in [9.17, 15) is 22.8 Å². The van der Waals surface area contributed by atoms with E-state index in [0.29, 0.717) is 32.2 Å². The molecule has 176 valence electrons. The lowest BCUT2D eigenvalue weighted by Gasteiger charge is -2.24. The Hall–Kier alpha value is -1.88. The van der Waals surface area contributed by atoms with Gasteiger partial charge in [-0.3, -0.25) is 13.8 Å². The van der Waals surface area contributed by atoms with Crippen LogP contribution in [0.25, 0.3) is 0 Å². The Morgan fingerprint density at radius 3 is 2.30 bits per heavy atom. The van der Waals surface area contributed by atoms with E-state index in [4.69, 9.17) is 14.0 Å². The third-order valence-electron chi connectivity index (χ3n) is 4.31. The smallest absolute Gasteiger partial charge is 0.407 e. The number of amides is 2. The number of aliphatic carboxylic acids is 1. The van der Waals surface area contributed by atoms with Crippen molar-refractivity contribution in [2.75, 3.05) is 32.1 Å². The molecule has 0 fully saturated rings. The van der Waals surface area contributed by atoms with Crippen molar-refractivity contribution in [2.45, 2.75) is 59.8 Å². The molecule has 0 rings (SSSR count). The van der Waals surface area contributed by atoms with Crippen molar-refractivity contribution in [2.24, 2.45) is 11.3 Å². The highest BCUT2D eigenvalue weighted by molar-refractivity contribution is 7.86. The molecular weight excluding hydrogens is 416 g/mol. The van der Waals surface area contributed by atoms with Crippen molar-refractivity contribution in [1.29, 1.82) is 0 Å². The summed E-state index contributed by atoms with van der Waals surface area (Å²) in [5, 5.41) is 13.9. The summed E-state index contributed by atoms with van der Waals surface area (Å²) in [6, 6.07) is 0. The van der Waals surface area contributed by atoms with Crippen LogP contribution < -0.4 is 10.6 Å². The van der Waals surface area contributed by atoms with E-state index in [2.05, 4.69) is 10.6 Å². The summed E-state index contributed by atoms with van der Waals surface area (Å²) in [6.07, 6.45) is 1.88. The Morgan fingerprint density at radius 2 is 1.70 bits per heavy atom. The van der Waals surface area contributed by atoms with Crippen LogP contribution in [0.2, 0.25) is 0 Å². The lowest BCUT2D eigenvalue weighted by Crippen LogP contribution is -2.29. The van der Waals surface area contributed by atoms with Gasteiger partial charge in [-0.25, -0.2) is 4.79 Å². The molecule has 0 heterocycles. The fourth-order valence-electron chi connectivity index (χ4n) is 2.38. The number of hydrogen-bond donors (Lipinski definition) is 3. The monoisotopic (exact) mass is 452 g/mol. The summed E-state index contributed by atoms with van der Waals surface area (Å²) in [4.78, 5) is 33.0. The molecule has 1 atom stereocenters. The van der Waals surface area contributed by atoms with E-state index < -0.39 is 33.5 Å². The van der Waals surface area contributed by atoms with Crippen molar-refractivity contribution in [3.63, 3.8) is 0 Å². The number of ether oxygens (including phenoxy) is 1. The highest BCUT2D eigenvalue weighted by Crippen LogP contribution is 2.23. The van der Waals surface area contributed by atoms with Crippen molar-refractivity contribution in [1.82, 2.24) is 10.6 Å². The summed E-state index contributed by atoms with van der Waals surface area (Å²) in [6.45, 7) is 7.56. The van der Waals surface area contributed by atoms with Gasteiger partial charge in [0, 0.05) is 20.0 Å². The second kappa shape index (κ2) is 14.2. The Kier molecular flexibility index (Phi) is 13.3. The molecule has 0 radical (unpaired) electrons. The Labute approximate surface area is 179 Å². The fraction of sp³-hybridized carbons (Fsp3) is 0.842. The first-order valence-electron chi connectivity index (χ1n) is 10.1. The zero-order valence-corrected chi connectivity index (χ0v) is 19.2. The number of rotatable bonds is 16. The first-order valence-corrected chi connectivity index (χ1v) is 11.7. The minimum atomic E-state index is -3.66. The molecule has 0 aliphatic carbocycles. The van der Waals surface area contributed by atoms with Gasteiger partial charge >= 0.3 is 12.1 Å². The number of nitrogens with one attached hydrogen (secondary N) is 2. The summed E-state index contributed by atoms with van der Waals surface area (Å²) < 4.78 is 33.9. The molecule has 0 aromatic heterocycles. The molecule has 2 amide bonds. The quantitative estimate of drug-likeness (QED) is 0.237. The summed E-state index contributed by atoms with van der Waals surface area (Å²) >= 11 is 0. The van der Waals surface area contributed by atoms with Gasteiger partial charge in [-0.2, -0.15) is 8.42 Å². The maximum atomic E-state index is 11.9. The number of carboxylic acids is 1. The first-order chi connectivity index (χ1) is 13.8. The molecule has 0 saturated heterocycles. The predicted molar refractivity (Wildman–Crippen MR) is 111 cm³/mol. The van der Waals surface area contributed by atoms with Gasteiger partial charge < -0.3 is 20.5 Å². The van der Waals surface area contributed by atoms with E-state index in [1.165, 1.54) is 6.92 Å². The number of carbonyl (C=O) groups excluding carboxylic acids is 2. The molecule has 11 heteroatoms. The van der Waals surface area contributed by atoms with Crippen molar-refractivity contribution in [3.8, 4) is 0 Å². The standard InChI is InChI=1S/C19H36N2O8S/c1-15(17(23)24)8-5-12-28-18(25)21-10-6-9-19(3,4)14-29-30(26,27)13-7-11-20-16(2)22/h15H,5-14H2,1-4H3,(H,20,22)(H,21,25)(H,23,24). The van der Waals surface area contributed by atoms with Crippen LogP contribution in [0.5, 0.6) is 0 Å². The van der Waals surface area contributed by atoms with Crippen molar-refractivity contribution >= 4 is 28.1 Å². The van der Waals surface area contributed by atoms with Crippen LogP contribution in [0.1, 0.15) is 59.8 Å². The van der Waals surface area contributed by atoms with Gasteiger partial charge in [0.2, 0.25) is 5.91 Å². The maximum absolute atomic E-state index is 11.9. The number of carbonyl (C=O) groups is 3. The molecule has 1 unspecified atom stereocenters. The van der Waals surface area contributed by atoms with Crippen LogP contribution >= 0.6 is 0 Å². The molecular formula is C19H36N2O8S. The van der Waals surface area contributed by atoms with E-state index in [1.54, 1.807) is 6.92 Å². The van der Waals surface area contributed by atoms with Gasteiger partial charge in [0.25, 0.3) is 10.1 Å². The molecule has 0 bridgehead atoms. The summed E-state index contributed by atoms with van der Waals surface area (Å²) in [5.41, 5.74) is -0.400. The molecule has 0 aliphatic rings. The molecule has 0 aromatic rings. The highest BCUT2D eigenvalue weighted by Gasteiger charge is 2.22. The fourth-order valence-corrected chi connectivity index (χ4v) is 3.49. The average molecular weight is 453 g/mol. The van der Waals surface area contributed by atoms with Gasteiger partial charge in [-0.15, -0.1) is 0 Å². The van der Waals surface area contributed by atoms with Crippen LogP contribution in [-0.4, -0.2) is 63.6 Å². The topological polar surface area (TPSA) is 148 Å². The van der Waals surface area contributed by atoms with Crippen LogP contribution in [0, 0.1) is 11.3 Å². The van der Waals surface area contributed by atoms with E-state index in [-0.39, 0.29) is 37.8 Å². The summed E-state index contributed by atoms with van der Waals surface area (Å²) in [5.74, 6) is -1.71. The lowest BCUT2D eigenvalue weighted by atomic mass is 9.89. The van der Waals surface area contributed by atoms with E-state index >= 15 is 0 Å². The van der Waals surface area contributed by atoms with Crippen LogP contribution in [0.15, 0.2) is 0 Å². The minimum Gasteiger partial charge on any atom is -0.481 e. The molecule has 3 N–H and O–H groups in total. The Balaban J connectivity index is 3.94. The molecule has 0 aliphatic heterocycles. The lowest BCUT2D eigenvalue weighted by molar-refractivity contribution is -0.141. The predicted octanol–water partition coefficient (Wildman–Crippen LogP) is 1.89. The number of alkyl carbamates (subject to hydrolysis) is 1. The number of carboxylic acid groups (broad SMARTS) is 1. The van der Waals surface area contributed by atoms with Crippen LogP contribution in [0.4, 0.5) is 4.79 Å². The zero-order valence-electron chi connectivity index (χ0n) is 18.4. The van der Waals surface area contributed by atoms with Gasteiger partial charge in [0.15, 0.2) is 0 Å². The van der Waals surface area contributed by atoms with Gasteiger partial charge in [-0.05, 0) is 37.5 Å². The van der Waals surface area contributed by atoms with Gasteiger partial charge in [-0.1, -0.05) is 20.8 Å². The molecule has 10 nitrogen and oxygen atoms in total. The normalized spacial score (nSPS) is 12.8. The Bertz CT molecular complexity index is 649. The third kappa shape index (κ3) is 16.0. The van der Waals surface area contributed by atoms with Crippen molar-refractivity contribution in [3.05, 3.63) is 0 Å². The molecule has 0 spiro atoms. The molecule has 0 aromatic carbocycles. The SMILES string of the molecule is CC(=O)NCCCS(=O)(=O)OCC(C)(C)CCCNC(=O)OCCCC(C)C(=O)O. The van der Waals surface area contributed by atoms with E-state index in [0.717, 1.165) is 0 Å². The Morgan fingerprint density at radius 1 is 1.07 bits per heavy atom. The maximum Gasteiger partial charge on any atom is 0.407 e. The molecule has 30 heavy (non-hydrogen) atoms. The summed E-state index contributed by atoms with van der Waals surface area (Å²) in [7, 11) is -3.66. The first kappa shape index (κ1) is 28.1. The van der Waals surface area contributed by atoms with Crippen LogP contribution in [0.3, 0.4) is 0 Å². The molecule has 0 saturated carbocycles. The number of hydrogen-bond acceptors (Lipinski definition) is 7. The largest absolute Gasteiger partial charge is 0.481 e. The van der Waals surface area contributed by atoms with E-state index in [1.807, 2.05) is 13.8 Å². The average Bonchev–Trinajstić information content (AvgIpc) is 2.64. The third-order valence-corrected chi connectivity index (χ3v) is 5.58. The van der Waals surface area contributed by atoms with Gasteiger partial charge in [0.05, 0.1) is 24.9 Å². The highest BCUT2D eigenvalue weighted by atomic mass is 32.2.